The number of rotatable bonds is 5. The van der Waals surface area contributed by atoms with Crippen LogP contribution in [0.3, 0.4) is 0 Å². The van der Waals surface area contributed by atoms with Crippen LogP contribution in [0, 0.1) is 17.3 Å². The van der Waals surface area contributed by atoms with Gasteiger partial charge in [-0.3, -0.25) is 9.48 Å². The van der Waals surface area contributed by atoms with Crippen LogP contribution in [0.4, 0.5) is 0 Å². The fourth-order valence-electron chi connectivity index (χ4n) is 3.45. The average Bonchev–Trinajstić information content (AvgIpc) is 2.88. The summed E-state index contributed by atoms with van der Waals surface area (Å²) in [5.41, 5.74) is 1.53. The Morgan fingerprint density at radius 3 is 2.86 bits per heavy atom. The Kier molecular flexibility index (Phi) is 3.78. The number of aromatic nitrogens is 2. The highest BCUT2D eigenvalue weighted by molar-refractivity contribution is 5.80. The molecule has 1 saturated heterocycles. The Morgan fingerprint density at radius 1 is 1.52 bits per heavy atom. The van der Waals surface area contributed by atoms with Crippen LogP contribution >= 0.6 is 0 Å². The molecule has 2 heterocycles. The molecule has 1 aliphatic carbocycles. The number of carbonyl (C=O) groups excluding carboxylic acids is 1. The summed E-state index contributed by atoms with van der Waals surface area (Å²) in [6.07, 6.45) is 6.41. The van der Waals surface area contributed by atoms with Gasteiger partial charge in [-0.05, 0) is 29.7 Å². The van der Waals surface area contributed by atoms with Gasteiger partial charge >= 0.3 is 0 Å². The number of carbonyl (C=O) groups is 1. The molecule has 5 nitrogen and oxygen atoms in total. The summed E-state index contributed by atoms with van der Waals surface area (Å²) in [4.78, 5) is 12.6. The predicted molar refractivity (Wildman–Crippen MR) is 81.8 cm³/mol. The van der Waals surface area contributed by atoms with Crippen molar-refractivity contribution in [1.82, 2.24) is 20.4 Å². The van der Waals surface area contributed by atoms with E-state index in [-0.39, 0.29) is 17.7 Å². The highest BCUT2D eigenvalue weighted by atomic mass is 16.1. The maximum absolute atomic E-state index is 12.6. The Balaban J connectivity index is 1.61. The number of aryl methyl sites for hydroxylation is 1. The largest absolute Gasteiger partial charge is 0.355 e. The van der Waals surface area contributed by atoms with Crippen LogP contribution in [-0.2, 0) is 11.8 Å². The molecule has 21 heavy (non-hydrogen) atoms. The molecule has 2 fully saturated rings. The van der Waals surface area contributed by atoms with E-state index in [0.29, 0.717) is 11.3 Å². The van der Waals surface area contributed by atoms with Gasteiger partial charge in [-0.2, -0.15) is 5.10 Å². The van der Waals surface area contributed by atoms with Gasteiger partial charge in [-0.15, -0.1) is 0 Å². The molecule has 0 bridgehead atoms. The summed E-state index contributed by atoms with van der Waals surface area (Å²) in [5, 5.41) is 10.8. The molecule has 1 aromatic heterocycles. The van der Waals surface area contributed by atoms with Crippen LogP contribution in [0.2, 0.25) is 0 Å². The van der Waals surface area contributed by atoms with Crippen molar-refractivity contribution in [3.63, 3.8) is 0 Å². The summed E-state index contributed by atoms with van der Waals surface area (Å²) in [6, 6.07) is 0. The summed E-state index contributed by atoms with van der Waals surface area (Å²) >= 11 is 0. The fourth-order valence-corrected chi connectivity index (χ4v) is 3.45. The van der Waals surface area contributed by atoms with E-state index in [1.165, 1.54) is 12.8 Å². The predicted octanol–water partition coefficient (Wildman–Crippen LogP) is 1.28. The molecule has 116 valence electrons. The third-order valence-electron chi connectivity index (χ3n) is 5.44. The van der Waals surface area contributed by atoms with Crippen LogP contribution in [0.1, 0.15) is 38.2 Å². The molecule has 0 unspecified atom stereocenters. The van der Waals surface area contributed by atoms with Crippen LogP contribution in [-0.4, -0.2) is 35.3 Å². The molecule has 2 N–H and O–H groups in total. The third kappa shape index (κ3) is 2.84. The Hall–Kier alpha value is -1.36. The van der Waals surface area contributed by atoms with Crippen molar-refractivity contribution < 1.29 is 4.79 Å². The van der Waals surface area contributed by atoms with Gasteiger partial charge in [-0.1, -0.05) is 13.8 Å². The molecular weight excluding hydrogens is 264 g/mol. The van der Waals surface area contributed by atoms with Crippen molar-refractivity contribution in [2.75, 3.05) is 19.6 Å². The first-order valence-electron chi connectivity index (χ1n) is 7.99. The molecule has 1 amide bonds. The summed E-state index contributed by atoms with van der Waals surface area (Å²) < 4.78 is 1.81. The van der Waals surface area contributed by atoms with Gasteiger partial charge in [0.05, 0.1) is 12.1 Å². The quantitative estimate of drug-likeness (QED) is 0.859. The number of hydrogen-bond donors (Lipinski definition) is 2. The van der Waals surface area contributed by atoms with Crippen molar-refractivity contribution >= 4 is 5.91 Å². The topological polar surface area (TPSA) is 59.0 Å². The molecule has 3 rings (SSSR count). The van der Waals surface area contributed by atoms with E-state index in [1.807, 2.05) is 19.4 Å². The van der Waals surface area contributed by atoms with E-state index in [2.05, 4.69) is 29.6 Å². The lowest BCUT2D eigenvalue weighted by Gasteiger charge is -2.23. The normalized spacial score (nSPS) is 27.0. The van der Waals surface area contributed by atoms with Crippen LogP contribution in [0.5, 0.6) is 0 Å². The van der Waals surface area contributed by atoms with Gasteiger partial charge < -0.3 is 10.6 Å². The molecule has 1 aromatic rings. The Bertz CT molecular complexity index is 518. The van der Waals surface area contributed by atoms with Crippen molar-refractivity contribution in [3.8, 4) is 0 Å². The van der Waals surface area contributed by atoms with E-state index in [9.17, 15) is 4.79 Å². The lowest BCUT2D eigenvalue weighted by atomic mass is 9.89. The summed E-state index contributed by atoms with van der Waals surface area (Å²) in [6.45, 7) is 6.97. The van der Waals surface area contributed by atoms with Gasteiger partial charge in [-0.25, -0.2) is 0 Å². The minimum atomic E-state index is 0.0252. The minimum Gasteiger partial charge on any atom is -0.355 e. The zero-order valence-electron chi connectivity index (χ0n) is 13.2. The average molecular weight is 290 g/mol. The second-order valence-electron chi connectivity index (χ2n) is 7.05. The van der Waals surface area contributed by atoms with Crippen molar-refractivity contribution in [1.29, 1.82) is 0 Å². The smallest absolute Gasteiger partial charge is 0.225 e. The molecule has 1 aliphatic heterocycles. The zero-order valence-corrected chi connectivity index (χ0v) is 13.2. The number of nitrogens with zero attached hydrogens (tertiary/aromatic N) is 2. The second-order valence-corrected chi connectivity index (χ2v) is 7.05. The standard InChI is InChI=1S/C16H26N4O/c1-11(2)16(4-5-16)10-18-15(21)14-8-17-7-13(14)12-6-19-20(3)9-12/h6,9,11,13-14,17H,4-5,7-8,10H2,1-3H3,(H,18,21)/t13-,14+/m1/s1. The molecule has 0 aromatic carbocycles. The Morgan fingerprint density at radius 2 is 2.29 bits per heavy atom. The molecule has 0 spiro atoms. The van der Waals surface area contributed by atoms with Crippen molar-refractivity contribution in [2.24, 2.45) is 24.3 Å². The first-order valence-corrected chi connectivity index (χ1v) is 7.99. The van der Waals surface area contributed by atoms with E-state index in [0.717, 1.165) is 25.2 Å². The second kappa shape index (κ2) is 5.44. The van der Waals surface area contributed by atoms with Crippen molar-refractivity contribution in [2.45, 2.75) is 32.6 Å². The van der Waals surface area contributed by atoms with Gasteiger partial charge in [0.2, 0.25) is 5.91 Å². The van der Waals surface area contributed by atoms with Crippen LogP contribution in [0.25, 0.3) is 0 Å². The van der Waals surface area contributed by atoms with Crippen LogP contribution < -0.4 is 10.6 Å². The summed E-state index contributed by atoms with van der Waals surface area (Å²) in [7, 11) is 1.92. The third-order valence-corrected chi connectivity index (χ3v) is 5.44. The molecule has 1 saturated carbocycles. The SMILES string of the molecule is CC(C)C1(CNC(=O)[C@H]2CNC[C@@H]2c2cnn(C)c2)CC1. The van der Waals surface area contributed by atoms with Gasteiger partial charge in [0, 0.05) is 38.8 Å². The minimum absolute atomic E-state index is 0.0252. The molecule has 2 atom stereocenters. The number of nitrogens with one attached hydrogen (secondary N) is 2. The maximum atomic E-state index is 12.6. The highest BCUT2D eigenvalue weighted by Gasteiger charge is 2.46. The van der Waals surface area contributed by atoms with Gasteiger partial charge in [0.25, 0.3) is 0 Å². The number of amides is 1. The molecule has 2 aliphatic rings. The highest BCUT2D eigenvalue weighted by Crippen LogP contribution is 2.51. The first kappa shape index (κ1) is 14.6. The zero-order chi connectivity index (χ0) is 15.0. The first-order chi connectivity index (χ1) is 10.0. The van der Waals surface area contributed by atoms with Gasteiger partial charge in [0.15, 0.2) is 0 Å². The molecular formula is C16H26N4O. The van der Waals surface area contributed by atoms with E-state index in [4.69, 9.17) is 0 Å². The molecule has 5 heteroatoms. The summed E-state index contributed by atoms with van der Waals surface area (Å²) in [5.74, 6) is 1.11. The number of hydrogen-bond acceptors (Lipinski definition) is 3. The monoisotopic (exact) mass is 290 g/mol. The van der Waals surface area contributed by atoms with Crippen molar-refractivity contribution in [3.05, 3.63) is 18.0 Å². The lowest BCUT2D eigenvalue weighted by Crippen LogP contribution is -2.38. The maximum Gasteiger partial charge on any atom is 0.225 e. The molecule has 0 radical (unpaired) electrons. The van der Waals surface area contributed by atoms with Crippen LogP contribution in [0.15, 0.2) is 12.4 Å². The van der Waals surface area contributed by atoms with E-state index >= 15 is 0 Å². The van der Waals surface area contributed by atoms with Gasteiger partial charge in [0.1, 0.15) is 0 Å². The van der Waals surface area contributed by atoms with E-state index < -0.39 is 0 Å². The lowest BCUT2D eigenvalue weighted by molar-refractivity contribution is -0.125. The Labute approximate surface area is 126 Å². The van der Waals surface area contributed by atoms with E-state index in [1.54, 1.807) is 4.68 Å². The fraction of sp³-hybridized carbons (Fsp3) is 0.750.